The summed E-state index contributed by atoms with van der Waals surface area (Å²) < 4.78 is 0. The van der Waals surface area contributed by atoms with E-state index in [2.05, 4.69) is 5.32 Å². The molecule has 9 heteroatoms. The van der Waals surface area contributed by atoms with Crippen LogP contribution in [-0.4, -0.2) is 80.7 Å². The zero-order chi connectivity index (χ0) is 17.7. The molecule has 1 unspecified atom stereocenters. The van der Waals surface area contributed by atoms with E-state index in [9.17, 15) is 24.6 Å². The van der Waals surface area contributed by atoms with Gasteiger partial charge in [0.1, 0.15) is 11.1 Å². The average molecular weight is 365 g/mol. The number of carboxylic acid groups (broad SMARTS) is 1. The number of hydrogen-bond acceptors (Lipinski definition) is 6. The smallest absolute Gasteiger partial charge is 0.352 e. The third-order valence-corrected chi connectivity index (χ3v) is 6.44. The highest BCUT2D eigenvalue weighted by Crippen LogP contribution is 2.41. The van der Waals surface area contributed by atoms with Gasteiger partial charge in [-0.3, -0.25) is 14.5 Å². The molecule has 2 amide bonds. The SMILES string of the molecule is O=C(O)C1=C(/C=C2\CCN([C@@H]3CCNC3)C2=O)CS[C@@H]2C(O)C(=O)N12. The summed E-state index contributed by atoms with van der Waals surface area (Å²) in [6, 6.07) is 0.198. The molecule has 4 aliphatic heterocycles. The van der Waals surface area contributed by atoms with Gasteiger partial charge >= 0.3 is 5.97 Å². The predicted octanol–water partition coefficient (Wildman–Crippen LogP) is -0.878. The van der Waals surface area contributed by atoms with Gasteiger partial charge in [0.05, 0.1) is 0 Å². The predicted molar refractivity (Wildman–Crippen MR) is 89.4 cm³/mol. The summed E-state index contributed by atoms with van der Waals surface area (Å²) in [6.45, 7) is 2.34. The van der Waals surface area contributed by atoms with Gasteiger partial charge < -0.3 is 20.4 Å². The van der Waals surface area contributed by atoms with E-state index in [1.807, 2.05) is 4.90 Å². The quantitative estimate of drug-likeness (QED) is 0.440. The first-order chi connectivity index (χ1) is 12.0. The molecule has 0 aromatic heterocycles. The van der Waals surface area contributed by atoms with Crippen molar-refractivity contribution in [3.63, 3.8) is 0 Å². The van der Waals surface area contributed by atoms with Gasteiger partial charge in [0.2, 0.25) is 5.91 Å². The fraction of sp³-hybridized carbons (Fsp3) is 0.562. The number of β-lactam (4-membered cyclic amide) rings is 1. The number of carboxylic acids is 1. The zero-order valence-electron chi connectivity index (χ0n) is 13.5. The molecule has 0 spiro atoms. The Bertz CT molecular complexity index is 713. The topological polar surface area (TPSA) is 110 Å². The molecule has 134 valence electrons. The van der Waals surface area contributed by atoms with Crippen LogP contribution in [0.25, 0.3) is 0 Å². The Morgan fingerprint density at radius 2 is 2.16 bits per heavy atom. The molecule has 0 aliphatic carbocycles. The molecule has 4 aliphatic rings. The highest BCUT2D eigenvalue weighted by atomic mass is 32.2. The van der Waals surface area contributed by atoms with E-state index in [-0.39, 0.29) is 17.6 Å². The van der Waals surface area contributed by atoms with E-state index < -0.39 is 23.4 Å². The van der Waals surface area contributed by atoms with Crippen LogP contribution in [0.4, 0.5) is 0 Å². The number of rotatable bonds is 3. The summed E-state index contributed by atoms with van der Waals surface area (Å²) in [5.41, 5.74) is 0.942. The summed E-state index contributed by atoms with van der Waals surface area (Å²) in [7, 11) is 0. The Labute approximate surface area is 148 Å². The normalized spacial score (nSPS) is 34.0. The molecule has 8 nitrogen and oxygen atoms in total. The van der Waals surface area contributed by atoms with Crippen molar-refractivity contribution < 1.29 is 24.6 Å². The van der Waals surface area contributed by atoms with Gasteiger partial charge in [0.25, 0.3) is 5.91 Å². The van der Waals surface area contributed by atoms with Gasteiger partial charge in [0.15, 0.2) is 6.10 Å². The number of thioether (sulfide) groups is 1. The van der Waals surface area contributed by atoms with Gasteiger partial charge in [-0.2, -0.15) is 0 Å². The van der Waals surface area contributed by atoms with E-state index in [1.54, 1.807) is 6.08 Å². The number of aliphatic hydroxyl groups excluding tert-OH is 1. The molecule has 3 fully saturated rings. The minimum atomic E-state index is -1.21. The van der Waals surface area contributed by atoms with Crippen molar-refractivity contribution >= 4 is 29.5 Å². The van der Waals surface area contributed by atoms with Crippen LogP contribution in [0.2, 0.25) is 0 Å². The number of carbonyl (C=O) groups is 3. The molecule has 3 saturated heterocycles. The van der Waals surface area contributed by atoms with Gasteiger partial charge in [-0.25, -0.2) is 4.79 Å². The Balaban J connectivity index is 1.62. The van der Waals surface area contributed by atoms with Crippen LogP contribution in [0, 0.1) is 0 Å². The fourth-order valence-corrected chi connectivity index (χ4v) is 5.06. The second-order valence-electron chi connectivity index (χ2n) is 6.60. The maximum absolute atomic E-state index is 12.7. The number of likely N-dealkylation sites (tertiary alicyclic amines) is 1. The van der Waals surface area contributed by atoms with Gasteiger partial charge in [-0.15, -0.1) is 11.8 Å². The van der Waals surface area contributed by atoms with Crippen molar-refractivity contribution in [3.8, 4) is 0 Å². The van der Waals surface area contributed by atoms with Crippen LogP contribution >= 0.6 is 11.8 Å². The maximum atomic E-state index is 12.7. The zero-order valence-corrected chi connectivity index (χ0v) is 14.3. The second-order valence-corrected chi connectivity index (χ2v) is 7.70. The molecule has 0 bridgehead atoms. The van der Waals surface area contributed by atoms with Crippen molar-refractivity contribution in [1.29, 1.82) is 0 Å². The minimum Gasteiger partial charge on any atom is -0.477 e. The van der Waals surface area contributed by atoms with Crippen LogP contribution in [-0.2, 0) is 14.4 Å². The highest BCUT2D eigenvalue weighted by molar-refractivity contribution is 8.00. The third-order valence-electron chi connectivity index (χ3n) is 5.15. The molecule has 0 aromatic carbocycles. The lowest BCUT2D eigenvalue weighted by Gasteiger charge is -2.46. The van der Waals surface area contributed by atoms with Gasteiger partial charge in [0, 0.05) is 30.5 Å². The lowest BCUT2D eigenvalue weighted by molar-refractivity contribution is -0.159. The van der Waals surface area contributed by atoms with E-state index in [1.165, 1.54) is 11.8 Å². The highest BCUT2D eigenvalue weighted by Gasteiger charge is 2.52. The van der Waals surface area contributed by atoms with Crippen molar-refractivity contribution in [2.45, 2.75) is 30.4 Å². The third kappa shape index (κ3) is 2.57. The number of amides is 2. The standard InChI is InChI=1S/C16H19N3O5S/c20-12-14(22)19-11(16(23)24)9(7-25-15(12)19)5-8-2-4-18(13(8)21)10-1-3-17-6-10/h5,10,12,15,17,20H,1-4,6-7H2,(H,23,24)/b8-5+/t10-,12?,15-/m1/s1. The fourth-order valence-electron chi connectivity index (χ4n) is 3.83. The summed E-state index contributed by atoms with van der Waals surface area (Å²) in [5, 5.41) is 21.9. The Kier molecular flexibility index (Phi) is 4.09. The molecule has 0 radical (unpaired) electrons. The maximum Gasteiger partial charge on any atom is 0.352 e. The number of nitrogens with one attached hydrogen (secondary N) is 1. The van der Waals surface area contributed by atoms with E-state index in [0.29, 0.717) is 29.9 Å². The van der Waals surface area contributed by atoms with Gasteiger partial charge in [-0.1, -0.05) is 0 Å². The summed E-state index contributed by atoms with van der Waals surface area (Å²) >= 11 is 1.32. The molecule has 0 saturated carbocycles. The number of fused-ring (bicyclic) bond motifs is 1. The lowest BCUT2D eigenvalue weighted by Crippen LogP contribution is -2.64. The monoisotopic (exact) mass is 365 g/mol. The molecular formula is C16H19N3O5S. The van der Waals surface area contributed by atoms with Crippen molar-refractivity contribution in [2.75, 3.05) is 25.4 Å². The molecule has 3 atom stereocenters. The summed E-state index contributed by atoms with van der Waals surface area (Å²) in [5.74, 6) is -1.50. The van der Waals surface area contributed by atoms with Gasteiger partial charge in [-0.05, 0) is 31.0 Å². The largest absolute Gasteiger partial charge is 0.477 e. The minimum absolute atomic E-state index is 0.0481. The second kappa shape index (κ2) is 6.15. The first kappa shape index (κ1) is 16.6. The first-order valence-corrected chi connectivity index (χ1v) is 9.35. The summed E-state index contributed by atoms with van der Waals surface area (Å²) in [6.07, 6.45) is 2.00. The first-order valence-electron chi connectivity index (χ1n) is 8.30. The van der Waals surface area contributed by atoms with Crippen LogP contribution in [0.15, 0.2) is 22.9 Å². The molecule has 25 heavy (non-hydrogen) atoms. The number of nitrogens with zero attached hydrogens (tertiary/aromatic N) is 2. The van der Waals surface area contributed by atoms with Crippen LogP contribution in [0.1, 0.15) is 12.8 Å². The number of hydrogen-bond donors (Lipinski definition) is 3. The Hall–Kier alpha value is -1.84. The van der Waals surface area contributed by atoms with Crippen LogP contribution in [0.5, 0.6) is 0 Å². The number of allylic oxidation sites excluding steroid dienone is 1. The van der Waals surface area contributed by atoms with Crippen LogP contribution < -0.4 is 5.32 Å². The molecular weight excluding hydrogens is 346 g/mol. The van der Waals surface area contributed by atoms with Crippen molar-refractivity contribution in [2.24, 2.45) is 0 Å². The number of carbonyl (C=O) groups excluding carboxylic acids is 2. The molecule has 4 heterocycles. The lowest BCUT2D eigenvalue weighted by atomic mass is 10.0. The Morgan fingerprint density at radius 3 is 2.84 bits per heavy atom. The van der Waals surface area contributed by atoms with Crippen molar-refractivity contribution in [3.05, 3.63) is 22.9 Å². The van der Waals surface area contributed by atoms with E-state index >= 15 is 0 Å². The molecule has 4 rings (SSSR count). The summed E-state index contributed by atoms with van der Waals surface area (Å²) in [4.78, 5) is 39.1. The average Bonchev–Trinajstić information content (AvgIpc) is 3.24. The van der Waals surface area contributed by atoms with E-state index in [0.717, 1.165) is 24.4 Å². The Morgan fingerprint density at radius 1 is 1.36 bits per heavy atom. The van der Waals surface area contributed by atoms with Crippen molar-refractivity contribution in [1.82, 2.24) is 15.1 Å². The molecule has 3 N–H and O–H groups in total. The van der Waals surface area contributed by atoms with E-state index in [4.69, 9.17) is 0 Å². The number of aliphatic hydroxyl groups is 1. The number of aliphatic carboxylic acids is 1. The molecule has 0 aromatic rings. The van der Waals surface area contributed by atoms with Crippen LogP contribution in [0.3, 0.4) is 0 Å².